The minimum absolute atomic E-state index is 0. The maximum Gasteiger partial charge on any atom is 0.416 e. The predicted molar refractivity (Wildman–Crippen MR) is 127 cm³/mol. The molecule has 4 rings (SSSR count). The van der Waals surface area contributed by atoms with Gasteiger partial charge in [0.15, 0.2) is 5.82 Å². The van der Waals surface area contributed by atoms with Crippen molar-refractivity contribution in [2.45, 2.75) is 38.9 Å². The summed E-state index contributed by atoms with van der Waals surface area (Å²) in [5.41, 5.74) is -0.233. The van der Waals surface area contributed by atoms with Crippen LogP contribution in [0.4, 0.5) is 29.9 Å². The second-order valence-corrected chi connectivity index (χ2v) is 9.03. The standard InChI is InChI=1S/C23H26F2N4O5.ClH/c1-23(2,3)34-22(31)29(19-6-9-32-27-19)13-16-12-28(21(30)33-16)15-10-17(24)20(18(25)11-15)14-4-7-26-8-5-14;/h4,6,9-11,16,26H,5,7-8,12-13H2,1-3H3;1H/t16-;/m1./s1. The molecule has 12 heteroatoms. The smallest absolute Gasteiger partial charge is 0.416 e. The SMILES string of the molecule is CC(C)(C)OC(=O)N(C[C@H]1CN(c2cc(F)c(C3=CCNCC3)c(F)c2)C(=O)O1)c1ccon1.Cl. The Bertz CT molecular complexity index is 1080. The van der Waals surface area contributed by atoms with E-state index in [4.69, 9.17) is 14.0 Å². The molecular weight excluding hydrogens is 486 g/mol. The van der Waals surface area contributed by atoms with E-state index in [0.29, 0.717) is 25.1 Å². The van der Waals surface area contributed by atoms with Crippen LogP contribution in [0.25, 0.3) is 5.57 Å². The quantitative estimate of drug-likeness (QED) is 0.629. The number of hydrogen-bond acceptors (Lipinski definition) is 7. The molecule has 1 atom stereocenters. The van der Waals surface area contributed by atoms with Gasteiger partial charge in [-0.3, -0.25) is 9.80 Å². The Morgan fingerprint density at radius 3 is 2.60 bits per heavy atom. The number of nitrogens with zero attached hydrogens (tertiary/aromatic N) is 3. The molecule has 0 radical (unpaired) electrons. The maximum absolute atomic E-state index is 14.9. The van der Waals surface area contributed by atoms with Crippen molar-refractivity contribution in [2.75, 3.05) is 36.0 Å². The van der Waals surface area contributed by atoms with Crippen LogP contribution in [-0.2, 0) is 9.47 Å². The van der Waals surface area contributed by atoms with Crippen LogP contribution in [0.5, 0.6) is 0 Å². The van der Waals surface area contributed by atoms with Gasteiger partial charge < -0.3 is 19.3 Å². The summed E-state index contributed by atoms with van der Waals surface area (Å²) < 4.78 is 45.4. The van der Waals surface area contributed by atoms with E-state index in [-0.39, 0.29) is 42.6 Å². The van der Waals surface area contributed by atoms with Crippen LogP contribution < -0.4 is 15.1 Å². The van der Waals surface area contributed by atoms with Gasteiger partial charge in [-0.25, -0.2) is 18.4 Å². The summed E-state index contributed by atoms with van der Waals surface area (Å²) in [7, 11) is 0. The van der Waals surface area contributed by atoms with Crippen LogP contribution in [0.1, 0.15) is 32.8 Å². The lowest BCUT2D eigenvalue weighted by Gasteiger charge is -2.26. The maximum atomic E-state index is 14.9. The van der Waals surface area contributed by atoms with E-state index in [1.807, 2.05) is 0 Å². The van der Waals surface area contributed by atoms with Crippen molar-refractivity contribution in [3.63, 3.8) is 0 Å². The molecule has 0 spiro atoms. The number of carbonyl (C=O) groups excluding carboxylic acids is 2. The zero-order valence-electron chi connectivity index (χ0n) is 19.5. The Hall–Kier alpha value is -3.18. The molecular formula is C23H27ClF2N4O5. The van der Waals surface area contributed by atoms with Crippen LogP contribution in [-0.4, -0.2) is 55.2 Å². The lowest BCUT2D eigenvalue weighted by molar-refractivity contribution is 0.0556. The van der Waals surface area contributed by atoms with E-state index >= 15 is 0 Å². The minimum Gasteiger partial charge on any atom is -0.443 e. The first kappa shape index (κ1) is 26.4. The molecule has 2 amide bonds. The lowest BCUT2D eigenvalue weighted by Crippen LogP contribution is -2.42. The average Bonchev–Trinajstić information content (AvgIpc) is 3.40. The molecule has 2 aliphatic rings. The number of carbonyl (C=O) groups is 2. The zero-order chi connectivity index (χ0) is 24.5. The predicted octanol–water partition coefficient (Wildman–Crippen LogP) is 4.52. The Morgan fingerprint density at radius 1 is 1.31 bits per heavy atom. The van der Waals surface area contributed by atoms with Crippen LogP contribution >= 0.6 is 12.4 Å². The molecule has 3 heterocycles. The van der Waals surface area contributed by atoms with Gasteiger partial charge in [0.25, 0.3) is 0 Å². The van der Waals surface area contributed by atoms with E-state index in [2.05, 4.69) is 10.5 Å². The first-order chi connectivity index (χ1) is 16.1. The van der Waals surface area contributed by atoms with E-state index in [1.54, 1.807) is 26.8 Å². The van der Waals surface area contributed by atoms with Gasteiger partial charge in [-0.05, 0) is 51.4 Å². The molecule has 2 aliphatic heterocycles. The van der Waals surface area contributed by atoms with Crippen molar-refractivity contribution >= 4 is 41.7 Å². The Kier molecular flexibility index (Phi) is 8.01. The van der Waals surface area contributed by atoms with Gasteiger partial charge in [-0.1, -0.05) is 11.2 Å². The third kappa shape index (κ3) is 6.09. The van der Waals surface area contributed by atoms with Gasteiger partial charge in [0, 0.05) is 18.2 Å². The Labute approximate surface area is 207 Å². The summed E-state index contributed by atoms with van der Waals surface area (Å²) in [6.45, 7) is 6.21. The molecule has 1 fully saturated rings. The van der Waals surface area contributed by atoms with Gasteiger partial charge in [0.05, 0.1) is 18.8 Å². The highest BCUT2D eigenvalue weighted by Crippen LogP contribution is 2.31. The van der Waals surface area contributed by atoms with Crippen molar-refractivity contribution in [3.05, 3.63) is 47.7 Å². The fraction of sp³-hybridized carbons (Fsp3) is 0.435. The van der Waals surface area contributed by atoms with Crippen molar-refractivity contribution < 1.29 is 32.4 Å². The van der Waals surface area contributed by atoms with Gasteiger partial charge in [0.1, 0.15) is 29.6 Å². The second-order valence-electron chi connectivity index (χ2n) is 9.03. The number of rotatable bonds is 5. The number of benzene rings is 1. The molecule has 1 aromatic heterocycles. The Morgan fingerprint density at radius 2 is 2.03 bits per heavy atom. The number of cyclic esters (lactones) is 1. The first-order valence-electron chi connectivity index (χ1n) is 10.9. The van der Waals surface area contributed by atoms with Gasteiger partial charge in [-0.2, -0.15) is 0 Å². The zero-order valence-corrected chi connectivity index (χ0v) is 20.4. The molecule has 1 aromatic carbocycles. The van der Waals surface area contributed by atoms with Crippen LogP contribution in [0.15, 0.2) is 35.1 Å². The number of anilines is 2. The molecule has 1 N–H and O–H groups in total. The molecule has 9 nitrogen and oxygen atoms in total. The van der Waals surface area contributed by atoms with Crippen LogP contribution in [0.3, 0.4) is 0 Å². The molecule has 2 aromatic rings. The van der Waals surface area contributed by atoms with Crippen molar-refractivity contribution in [3.8, 4) is 0 Å². The molecule has 35 heavy (non-hydrogen) atoms. The normalized spacial score (nSPS) is 18.0. The molecule has 0 saturated carbocycles. The van der Waals surface area contributed by atoms with Crippen molar-refractivity contribution in [1.82, 2.24) is 10.5 Å². The molecule has 0 aliphatic carbocycles. The van der Waals surface area contributed by atoms with Crippen LogP contribution in [0.2, 0.25) is 0 Å². The highest BCUT2D eigenvalue weighted by molar-refractivity contribution is 5.91. The van der Waals surface area contributed by atoms with E-state index in [9.17, 15) is 18.4 Å². The first-order valence-corrected chi connectivity index (χ1v) is 10.9. The number of amides is 2. The largest absolute Gasteiger partial charge is 0.443 e. The number of hydrogen-bond donors (Lipinski definition) is 1. The number of halogens is 3. The third-order valence-corrected chi connectivity index (χ3v) is 5.30. The van der Waals surface area contributed by atoms with E-state index < -0.39 is 35.5 Å². The number of aromatic nitrogens is 1. The molecule has 190 valence electrons. The van der Waals surface area contributed by atoms with Crippen molar-refractivity contribution in [1.29, 1.82) is 0 Å². The van der Waals surface area contributed by atoms with E-state index in [0.717, 1.165) is 17.0 Å². The highest BCUT2D eigenvalue weighted by Gasteiger charge is 2.37. The fourth-order valence-electron chi connectivity index (χ4n) is 3.83. The minimum atomic E-state index is -0.797. The van der Waals surface area contributed by atoms with Gasteiger partial charge >= 0.3 is 12.2 Å². The summed E-state index contributed by atoms with van der Waals surface area (Å²) >= 11 is 0. The summed E-state index contributed by atoms with van der Waals surface area (Å²) in [4.78, 5) is 27.6. The summed E-state index contributed by atoms with van der Waals surface area (Å²) in [6.07, 6.45) is 1.28. The number of ether oxygens (including phenoxy) is 2. The average molecular weight is 513 g/mol. The third-order valence-electron chi connectivity index (χ3n) is 5.30. The summed E-state index contributed by atoms with van der Waals surface area (Å²) in [6, 6.07) is 3.71. The van der Waals surface area contributed by atoms with Gasteiger partial charge in [0.2, 0.25) is 0 Å². The topological polar surface area (TPSA) is 97.1 Å². The summed E-state index contributed by atoms with van der Waals surface area (Å²) in [5.74, 6) is -1.32. The summed E-state index contributed by atoms with van der Waals surface area (Å²) in [5, 5.41) is 6.87. The molecule has 0 unspecified atom stereocenters. The number of nitrogens with one attached hydrogen (secondary N) is 1. The molecule has 1 saturated heterocycles. The van der Waals surface area contributed by atoms with Crippen LogP contribution in [0, 0.1) is 11.6 Å². The molecule has 0 bridgehead atoms. The van der Waals surface area contributed by atoms with E-state index in [1.165, 1.54) is 17.2 Å². The van der Waals surface area contributed by atoms with Crippen molar-refractivity contribution in [2.24, 2.45) is 0 Å². The van der Waals surface area contributed by atoms with Gasteiger partial charge in [-0.15, -0.1) is 12.4 Å². The lowest BCUT2D eigenvalue weighted by atomic mass is 9.98. The fourth-order valence-corrected chi connectivity index (χ4v) is 3.83. The Balaban J connectivity index is 0.00000342. The monoisotopic (exact) mass is 512 g/mol. The highest BCUT2D eigenvalue weighted by atomic mass is 35.5. The second kappa shape index (κ2) is 10.6.